The lowest BCUT2D eigenvalue weighted by Gasteiger charge is -2.02. The summed E-state index contributed by atoms with van der Waals surface area (Å²) in [5.41, 5.74) is 1.49. The van der Waals surface area contributed by atoms with E-state index in [4.69, 9.17) is 0 Å². The van der Waals surface area contributed by atoms with E-state index in [2.05, 4.69) is 4.99 Å². The highest BCUT2D eigenvalue weighted by atomic mass is 32.1. The maximum Gasteiger partial charge on any atom is 0.285 e. The molecule has 0 aliphatic heterocycles. The highest BCUT2D eigenvalue weighted by Crippen LogP contribution is 2.21. The zero-order valence-electron chi connectivity index (χ0n) is 12.6. The molecule has 6 heteroatoms. The van der Waals surface area contributed by atoms with Gasteiger partial charge in [-0.1, -0.05) is 36.5 Å². The predicted octanol–water partition coefficient (Wildman–Crippen LogP) is 3.82. The van der Waals surface area contributed by atoms with Crippen LogP contribution in [-0.2, 0) is 13.5 Å². The van der Waals surface area contributed by atoms with Crippen molar-refractivity contribution in [3.05, 3.63) is 64.0 Å². The number of carbonyl (C=O) groups excluding carboxylic acids is 1. The van der Waals surface area contributed by atoms with E-state index >= 15 is 0 Å². The van der Waals surface area contributed by atoms with E-state index in [1.165, 1.54) is 17.4 Å². The molecule has 118 valence electrons. The van der Waals surface area contributed by atoms with Crippen LogP contribution in [0.2, 0.25) is 0 Å². The van der Waals surface area contributed by atoms with Gasteiger partial charge in [-0.2, -0.15) is 4.99 Å². The molecule has 2 aromatic carbocycles. The van der Waals surface area contributed by atoms with Gasteiger partial charge in [0.25, 0.3) is 5.91 Å². The molecule has 0 bridgehead atoms. The fourth-order valence-corrected chi connectivity index (χ4v) is 3.59. The zero-order valence-corrected chi connectivity index (χ0v) is 13.5. The average molecular weight is 332 g/mol. The first-order valence-electron chi connectivity index (χ1n) is 7.13. The van der Waals surface area contributed by atoms with Crippen LogP contribution in [0.15, 0.2) is 41.4 Å². The Bertz CT molecular complexity index is 952. The third kappa shape index (κ3) is 2.70. The summed E-state index contributed by atoms with van der Waals surface area (Å²) >= 11 is 1.32. The number of amides is 1. The molecule has 1 aromatic heterocycles. The third-order valence-electron chi connectivity index (χ3n) is 3.66. The molecule has 0 saturated heterocycles. The Morgan fingerprint density at radius 1 is 1.17 bits per heavy atom. The van der Waals surface area contributed by atoms with Crippen molar-refractivity contribution in [2.24, 2.45) is 12.0 Å². The molecule has 0 radical (unpaired) electrons. The van der Waals surface area contributed by atoms with Crippen molar-refractivity contribution in [1.82, 2.24) is 4.57 Å². The summed E-state index contributed by atoms with van der Waals surface area (Å²) in [5, 5.41) is 0. The molecular formula is C17H14F2N2OS. The number of hydrogen-bond donors (Lipinski definition) is 0. The van der Waals surface area contributed by atoms with Gasteiger partial charge in [0.15, 0.2) is 4.80 Å². The number of benzene rings is 2. The first kappa shape index (κ1) is 15.6. The van der Waals surface area contributed by atoms with Crippen LogP contribution in [0.25, 0.3) is 10.2 Å². The molecule has 0 fully saturated rings. The summed E-state index contributed by atoms with van der Waals surface area (Å²) in [6.45, 7) is 2.04. The minimum atomic E-state index is -0.916. The molecule has 0 aliphatic rings. The SMILES string of the molecule is CCc1cccc2sc(=NC(=O)c3c(F)cccc3F)n(C)c12. The number of aromatic nitrogens is 1. The smallest absolute Gasteiger partial charge is 0.285 e. The van der Waals surface area contributed by atoms with Crippen molar-refractivity contribution in [2.45, 2.75) is 13.3 Å². The van der Waals surface area contributed by atoms with Crippen LogP contribution in [0.4, 0.5) is 8.78 Å². The number of thiazole rings is 1. The van der Waals surface area contributed by atoms with Gasteiger partial charge in [-0.05, 0) is 30.2 Å². The summed E-state index contributed by atoms with van der Waals surface area (Å²) < 4.78 is 30.2. The van der Waals surface area contributed by atoms with E-state index < -0.39 is 23.1 Å². The number of carbonyl (C=O) groups is 1. The summed E-state index contributed by atoms with van der Waals surface area (Å²) in [5.74, 6) is -2.73. The number of aryl methyl sites for hydroxylation is 2. The molecule has 0 saturated carbocycles. The van der Waals surface area contributed by atoms with Gasteiger partial charge < -0.3 is 4.57 Å². The quantitative estimate of drug-likeness (QED) is 0.702. The number of para-hydroxylation sites is 1. The average Bonchev–Trinajstić information content (AvgIpc) is 2.83. The van der Waals surface area contributed by atoms with E-state index in [-0.39, 0.29) is 0 Å². The summed E-state index contributed by atoms with van der Waals surface area (Å²) in [6, 6.07) is 9.20. The molecule has 0 atom stereocenters. The fourth-order valence-electron chi connectivity index (χ4n) is 2.52. The van der Waals surface area contributed by atoms with Crippen molar-refractivity contribution < 1.29 is 13.6 Å². The van der Waals surface area contributed by atoms with Crippen LogP contribution in [0.1, 0.15) is 22.8 Å². The monoisotopic (exact) mass is 332 g/mol. The minimum absolute atomic E-state index is 0.411. The summed E-state index contributed by atoms with van der Waals surface area (Å²) in [7, 11) is 1.79. The second-order valence-corrected chi connectivity index (χ2v) is 6.08. The lowest BCUT2D eigenvalue weighted by molar-refractivity contribution is 0.0990. The van der Waals surface area contributed by atoms with Crippen LogP contribution in [-0.4, -0.2) is 10.5 Å². The van der Waals surface area contributed by atoms with Crippen LogP contribution in [0.3, 0.4) is 0 Å². The van der Waals surface area contributed by atoms with Gasteiger partial charge in [-0.3, -0.25) is 4.79 Å². The Kier molecular flexibility index (Phi) is 4.09. The molecule has 1 heterocycles. The lowest BCUT2D eigenvalue weighted by atomic mass is 10.1. The normalized spacial score (nSPS) is 12.1. The Balaban J connectivity index is 2.19. The van der Waals surface area contributed by atoms with Gasteiger partial charge in [0, 0.05) is 7.05 Å². The van der Waals surface area contributed by atoms with E-state index in [9.17, 15) is 13.6 Å². The topological polar surface area (TPSA) is 34.4 Å². The maximum atomic E-state index is 13.7. The highest BCUT2D eigenvalue weighted by molar-refractivity contribution is 7.16. The number of nitrogens with zero attached hydrogens (tertiary/aromatic N) is 2. The molecule has 23 heavy (non-hydrogen) atoms. The van der Waals surface area contributed by atoms with Gasteiger partial charge in [0.1, 0.15) is 17.2 Å². The Morgan fingerprint density at radius 2 is 1.83 bits per heavy atom. The van der Waals surface area contributed by atoms with E-state index in [1.807, 2.05) is 25.1 Å². The summed E-state index contributed by atoms with van der Waals surface area (Å²) in [6.07, 6.45) is 0.844. The number of hydrogen-bond acceptors (Lipinski definition) is 2. The van der Waals surface area contributed by atoms with Crippen molar-refractivity contribution in [1.29, 1.82) is 0 Å². The van der Waals surface area contributed by atoms with Crippen LogP contribution in [0, 0.1) is 11.6 Å². The highest BCUT2D eigenvalue weighted by Gasteiger charge is 2.17. The van der Waals surface area contributed by atoms with Gasteiger partial charge in [-0.25, -0.2) is 8.78 Å². The zero-order chi connectivity index (χ0) is 16.6. The van der Waals surface area contributed by atoms with Crippen LogP contribution >= 0.6 is 11.3 Å². The molecule has 3 aromatic rings. The number of halogens is 2. The van der Waals surface area contributed by atoms with E-state index in [0.29, 0.717) is 4.80 Å². The van der Waals surface area contributed by atoms with Gasteiger partial charge >= 0.3 is 0 Å². The molecule has 3 nitrogen and oxygen atoms in total. The Labute approximate surface area is 135 Å². The van der Waals surface area contributed by atoms with Crippen molar-refractivity contribution in [3.63, 3.8) is 0 Å². The molecular weight excluding hydrogens is 318 g/mol. The fraction of sp³-hybridized carbons (Fsp3) is 0.176. The number of rotatable bonds is 2. The number of fused-ring (bicyclic) bond motifs is 1. The minimum Gasteiger partial charge on any atom is -0.319 e. The molecule has 0 N–H and O–H groups in total. The van der Waals surface area contributed by atoms with Gasteiger partial charge in [-0.15, -0.1) is 0 Å². The van der Waals surface area contributed by atoms with Crippen LogP contribution in [0.5, 0.6) is 0 Å². The second kappa shape index (κ2) is 6.04. The van der Waals surface area contributed by atoms with Gasteiger partial charge in [0.2, 0.25) is 0 Å². The first-order chi connectivity index (χ1) is 11.0. The maximum absolute atomic E-state index is 13.7. The molecule has 0 aliphatic carbocycles. The molecule has 3 rings (SSSR count). The molecule has 0 spiro atoms. The largest absolute Gasteiger partial charge is 0.319 e. The Hall–Kier alpha value is -2.34. The lowest BCUT2D eigenvalue weighted by Crippen LogP contribution is -2.15. The molecule has 1 amide bonds. The van der Waals surface area contributed by atoms with Crippen LogP contribution < -0.4 is 4.80 Å². The standard InChI is InChI=1S/C17H14F2N2OS/c1-3-10-6-4-9-13-15(10)21(2)17(23-13)20-16(22)14-11(18)7-5-8-12(14)19/h4-9H,3H2,1-2H3. The molecule has 0 unspecified atom stereocenters. The van der Waals surface area contributed by atoms with Crippen molar-refractivity contribution in [3.8, 4) is 0 Å². The van der Waals surface area contributed by atoms with Gasteiger partial charge in [0.05, 0.1) is 10.2 Å². The van der Waals surface area contributed by atoms with E-state index in [0.717, 1.165) is 34.3 Å². The first-order valence-corrected chi connectivity index (χ1v) is 7.95. The second-order valence-electron chi connectivity index (χ2n) is 5.07. The van der Waals surface area contributed by atoms with Crippen molar-refractivity contribution >= 4 is 27.5 Å². The predicted molar refractivity (Wildman–Crippen MR) is 86.4 cm³/mol. The van der Waals surface area contributed by atoms with E-state index in [1.54, 1.807) is 11.6 Å². The van der Waals surface area contributed by atoms with Crippen molar-refractivity contribution in [2.75, 3.05) is 0 Å². The summed E-state index contributed by atoms with van der Waals surface area (Å²) in [4.78, 5) is 16.5. The Morgan fingerprint density at radius 3 is 2.48 bits per heavy atom. The third-order valence-corrected chi connectivity index (χ3v) is 4.76.